The van der Waals surface area contributed by atoms with E-state index in [-0.39, 0.29) is 12.8 Å². The van der Waals surface area contributed by atoms with Crippen LogP contribution in [0.2, 0.25) is 0 Å². The molecule has 3 saturated carbocycles. The standard InChI is InChI=1S/C5H8F2N2/c6-5(7)3(8)1-4(5,9)2-3/h1-2,8-9H2. The molecule has 0 atom stereocenters. The molecule has 4 heteroatoms. The molecule has 0 aromatic rings. The molecule has 0 unspecified atom stereocenters. The lowest BCUT2D eigenvalue weighted by atomic mass is 9.42. The summed E-state index contributed by atoms with van der Waals surface area (Å²) in [5, 5.41) is 0. The van der Waals surface area contributed by atoms with Crippen LogP contribution in [-0.2, 0) is 0 Å². The van der Waals surface area contributed by atoms with Crippen molar-refractivity contribution in [2.45, 2.75) is 29.8 Å². The van der Waals surface area contributed by atoms with Gasteiger partial charge in [-0.2, -0.15) is 0 Å². The zero-order chi connectivity index (χ0) is 6.91. The van der Waals surface area contributed by atoms with Crippen LogP contribution in [0.5, 0.6) is 0 Å². The molecule has 3 fully saturated rings. The maximum absolute atomic E-state index is 12.5. The summed E-state index contributed by atoms with van der Waals surface area (Å²) in [6, 6.07) is 0. The number of alkyl halides is 2. The van der Waals surface area contributed by atoms with Crippen molar-refractivity contribution in [3.05, 3.63) is 0 Å². The highest BCUT2D eigenvalue weighted by Gasteiger charge is 2.85. The van der Waals surface area contributed by atoms with Crippen LogP contribution in [0.3, 0.4) is 0 Å². The van der Waals surface area contributed by atoms with Crippen LogP contribution in [0.25, 0.3) is 0 Å². The van der Waals surface area contributed by atoms with Crippen molar-refractivity contribution in [2.75, 3.05) is 0 Å². The van der Waals surface area contributed by atoms with Gasteiger partial charge in [0.2, 0.25) is 0 Å². The molecule has 3 rings (SSSR count). The van der Waals surface area contributed by atoms with Crippen molar-refractivity contribution in [3.63, 3.8) is 0 Å². The summed E-state index contributed by atoms with van der Waals surface area (Å²) >= 11 is 0. The summed E-state index contributed by atoms with van der Waals surface area (Å²) in [6.07, 6.45) is 0.569. The van der Waals surface area contributed by atoms with Crippen LogP contribution in [0.1, 0.15) is 12.8 Å². The summed E-state index contributed by atoms with van der Waals surface area (Å²) in [7, 11) is 0. The summed E-state index contributed by atoms with van der Waals surface area (Å²) in [4.78, 5) is 0. The Balaban J connectivity index is 2.31. The van der Waals surface area contributed by atoms with E-state index in [9.17, 15) is 8.78 Å². The number of rotatable bonds is 0. The average molecular weight is 134 g/mol. The van der Waals surface area contributed by atoms with Crippen LogP contribution in [-0.4, -0.2) is 17.0 Å². The largest absolute Gasteiger partial charge is 0.320 e. The molecule has 2 nitrogen and oxygen atoms in total. The first kappa shape index (κ1) is 5.56. The zero-order valence-corrected chi connectivity index (χ0v) is 4.82. The molecule has 0 heterocycles. The maximum atomic E-state index is 12.5. The van der Waals surface area contributed by atoms with E-state index in [1.807, 2.05) is 0 Å². The minimum absolute atomic E-state index is 0.285. The Labute approximate surface area is 51.2 Å². The molecule has 0 saturated heterocycles. The molecular formula is C5H8F2N2. The molecular weight excluding hydrogens is 126 g/mol. The van der Waals surface area contributed by atoms with Gasteiger partial charge in [0.05, 0.1) is 11.1 Å². The molecule has 0 aliphatic heterocycles. The van der Waals surface area contributed by atoms with Gasteiger partial charge in [-0.05, 0) is 12.8 Å². The number of hydrogen-bond donors (Lipinski definition) is 2. The van der Waals surface area contributed by atoms with E-state index in [1.165, 1.54) is 0 Å². The Kier molecular flexibility index (Phi) is 0.564. The molecule has 0 spiro atoms. The predicted octanol–water partition coefficient (Wildman–Crippen LogP) is -0.176. The van der Waals surface area contributed by atoms with Gasteiger partial charge in [0.25, 0.3) is 5.92 Å². The average Bonchev–Trinajstić information content (AvgIpc) is 1.64. The third-order valence-electron chi connectivity index (χ3n) is 2.51. The molecule has 3 aliphatic carbocycles. The Morgan fingerprint density at radius 2 is 1.33 bits per heavy atom. The van der Waals surface area contributed by atoms with Gasteiger partial charge in [0, 0.05) is 0 Å². The first-order chi connectivity index (χ1) is 3.91. The lowest BCUT2D eigenvalue weighted by Gasteiger charge is -2.71. The fourth-order valence-corrected chi connectivity index (χ4v) is 1.80. The van der Waals surface area contributed by atoms with E-state index in [1.54, 1.807) is 0 Å². The molecule has 52 valence electrons. The molecule has 0 aromatic heterocycles. The molecule has 0 radical (unpaired) electrons. The molecule has 3 aliphatic rings. The highest BCUT2D eigenvalue weighted by molar-refractivity contribution is 5.37. The molecule has 9 heavy (non-hydrogen) atoms. The Morgan fingerprint density at radius 3 is 1.33 bits per heavy atom. The number of hydrogen-bond acceptors (Lipinski definition) is 2. The van der Waals surface area contributed by atoms with E-state index in [0.29, 0.717) is 0 Å². The highest BCUT2D eigenvalue weighted by Crippen LogP contribution is 2.67. The maximum Gasteiger partial charge on any atom is 0.283 e. The third kappa shape index (κ3) is 0.293. The van der Waals surface area contributed by atoms with Crippen LogP contribution >= 0.6 is 0 Å². The fraction of sp³-hybridized carbons (Fsp3) is 1.00. The van der Waals surface area contributed by atoms with Gasteiger partial charge < -0.3 is 11.5 Å². The van der Waals surface area contributed by atoms with E-state index in [2.05, 4.69) is 0 Å². The second-order valence-corrected chi connectivity index (χ2v) is 3.24. The predicted molar refractivity (Wildman–Crippen MR) is 28.0 cm³/mol. The zero-order valence-electron chi connectivity index (χ0n) is 4.82. The van der Waals surface area contributed by atoms with E-state index < -0.39 is 17.0 Å². The summed E-state index contributed by atoms with van der Waals surface area (Å²) in [6.45, 7) is 0. The summed E-state index contributed by atoms with van der Waals surface area (Å²) in [5.74, 6) is -2.79. The smallest absolute Gasteiger partial charge is 0.283 e. The number of halogens is 2. The highest BCUT2D eigenvalue weighted by atomic mass is 19.3. The minimum Gasteiger partial charge on any atom is -0.320 e. The van der Waals surface area contributed by atoms with Crippen molar-refractivity contribution in [1.82, 2.24) is 0 Å². The van der Waals surface area contributed by atoms with Crippen LogP contribution < -0.4 is 11.5 Å². The molecule has 4 N–H and O–H groups in total. The van der Waals surface area contributed by atoms with Crippen molar-refractivity contribution in [3.8, 4) is 0 Å². The fourth-order valence-electron chi connectivity index (χ4n) is 1.80. The van der Waals surface area contributed by atoms with Crippen molar-refractivity contribution in [2.24, 2.45) is 11.5 Å². The van der Waals surface area contributed by atoms with Crippen molar-refractivity contribution in [1.29, 1.82) is 0 Å². The Bertz CT molecular complexity index is 156. The van der Waals surface area contributed by atoms with Crippen molar-refractivity contribution < 1.29 is 8.78 Å². The monoisotopic (exact) mass is 134 g/mol. The second kappa shape index (κ2) is 0.914. The lowest BCUT2D eigenvalue weighted by Crippen LogP contribution is -2.95. The molecule has 0 amide bonds. The van der Waals surface area contributed by atoms with Gasteiger partial charge in [-0.15, -0.1) is 0 Å². The Hall–Kier alpha value is -0.220. The van der Waals surface area contributed by atoms with Gasteiger partial charge in [-0.1, -0.05) is 0 Å². The van der Waals surface area contributed by atoms with Gasteiger partial charge in [-0.25, -0.2) is 8.78 Å². The second-order valence-electron chi connectivity index (χ2n) is 3.24. The SMILES string of the molecule is NC12CC(N)(C1)C2(F)F. The van der Waals surface area contributed by atoms with E-state index in [4.69, 9.17) is 11.5 Å². The van der Waals surface area contributed by atoms with Crippen LogP contribution in [0.4, 0.5) is 8.78 Å². The minimum atomic E-state index is -2.79. The van der Waals surface area contributed by atoms with Crippen LogP contribution in [0.15, 0.2) is 0 Å². The first-order valence-electron chi connectivity index (χ1n) is 2.87. The van der Waals surface area contributed by atoms with E-state index in [0.717, 1.165) is 0 Å². The topological polar surface area (TPSA) is 52.0 Å². The summed E-state index contributed by atoms with van der Waals surface area (Å²) in [5.41, 5.74) is 7.97. The molecule has 2 bridgehead atoms. The quantitative estimate of drug-likeness (QED) is 0.483. The first-order valence-corrected chi connectivity index (χ1v) is 2.87. The summed E-state index contributed by atoms with van der Waals surface area (Å²) < 4.78 is 25.0. The van der Waals surface area contributed by atoms with Gasteiger partial charge in [0.15, 0.2) is 0 Å². The van der Waals surface area contributed by atoms with Gasteiger partial charge >= 0.3 is 0 Å². The normalized spacial score (nSPS) is 60.0. The number of nitrogens with two attached hydrogens (primary N) is 2. The Morgan fingerprint density at radius 1 is 1.00 bits per heavy atom. The van der Waals surface area contributed by atoms with E-state index >= 15 is 0 Å². The van der Waals surface area contributed by atoms with Crippen LogP contribution in [0, 0.1) is 0 Å². The van der Waals surface area contributed by atoms with Crippen molar-refractivity contribution >= 4 is 0 Å². The van der Waals surface area contributed by atoms with Gasteiger partial charge in [0.1, 0.15) is 0 Å². The molecule has 0 aromatic carbocycles. The lowest BCUT2D eigenvalue weighted by molar-refractivity contribution is -0.307. The third-order valence-corrected chi connectivity index (χ3v) is 2.51. The van der Waals surface area contributed by atoms with Gasteiger partial charge in [-0.3, -0.25) is 0 Å².